The van der Waals surface area contributed by atoms with Crippen LogP contribution < -0.4 is 4.90 Å². The molecule has 1 aliphatic heterocycles. The van der Waals surface area contributed by atoms with E-state index in [9.17, 15) is 4.79 Å². The summed E-state index contributed by atoms with van der Waals surface area (Å²) in [7, 11) is 1.60. The zero-order valence-corrected chi connectivity index (χ0v) is 12.6. The molecule has 1 saturated heterocycles. The first-order valence-electron chi connectivity index (χ1n) is 6.32. The van der Waals surface area contributed by atoms with Crippen molar-refractivity contribution in [2.45, 2.75) is 39.1 Å². The molecular formula is C13H20N2O3S. The molecule has 0 aromatic carbocycles. The quantitative estimate of drug-likeness (QED) is 0.793. The monoisotopic (exact) mass is 284 g/mol. The highest BCUT2D eigenvalue weighted by atomic mass is 32.1. The first-order chi connectivity index (χ1) is 8.95. The second-order valence-electron chi connectivity index (χ2n) is 5.43. The van der Waals surface area contributed by atoms with E-state index in [2.05, 4.69) is 30.7 Å². The Kier molecular flexibility index (Phi) is 4.23. The topological polar surface area (TPSA) is 51.7 Å². The Hall–Kier alpha value is -0.980. The molecule has 0 N–H and O–H groups in total. The number of hydrogen-bond acceptors (Lipinski definition) is 6. The molecule has 1 atom stereocenters. The van der Waals surface area contributed by atoms with Crippen molar-refractivity contribution in [3.05, 3.63) is 10.6 Å². The Morgan fingerprint density at radius 3 is 2.95 bits per heavy atom. The van der Waals surface area contributed by atoms with E-state index < -0.39 is 0 Å². The van der Waals surface area contributed by atoms with Crippen molar-refractivity contribution in [2.75, 3.05) is 25.1 Å². The third kappa shape index (κ3) is 3.32. The number of aldehydes is 1. The summed E-state index contributed by atoms with van der Waals surface area (Å²) < 4.78 is 11.0. The zero-order valence-electron chi connectivity index (χ0n) is 11.8. The van der Waals surface area contributed by atoms with Crippen LogP contribution in [-0.4, -0.2) is 43.2 Å². The SMILES string of the molecule is COCc1nc(N2CC(C)OC(C)(C)C2)sc1C=O. The van der Waals surface area contributed by atoms with Crippen LogP contribution >= 0.6 is 11.3 Å². The molecule has 2 rings (SSSR count). The maximum Gasteiger partial charge on any atom is 0.186 e. The van der Waals surface area contributed by atoms with Gasteiger partial charge in [0, 0.05) is 20.2 Å². The van der Waals surface area contributed by atoms with Crippen molar-refractivity contribution in [2.24, 2.45) is 0 Å². The van der Waals surface area contributed by atoms with Crippen LogP contribution in [-0.2, 0) is 16.1 Å². The second-order valence-corrected chi connectivity index (χ2v) is 6.44. The van der Waals surface area contributed by atoms with Crippen molar-refractivity contribution in [1.82, 2.24) is 4.98 Å². The van der Waals surface area contributed by atoms with Gasteiger partial charge in [-0.15, -0.1) is 0 Å². The number of ether oxygens (including phenoxy) is 2. The highest BCUT2D eigenvalue weighted by Crippen LogP contribution is 2.30. The summed E-state index contributed by atoms with van der Waals surface area (Å²) >= 11 is 1.42. The number of anilines is 1. The van der Waals surface area contributed by atoms with Gasteiger partial charge in [0.1, 0.15) is 0 Å². The molecular weight excluding hydrogens is 264 g/mol. The maximum atomic E-state index is 11.1. The van der Waals surface area contributed by atoms with Crippen molar-refractivity contribution in [1.29, 1.82) is 0 Å². The van der Waals surface area contributed by atoms with Crippen LogP contribution in [0.3, 0.4) is 0 Å². The van der Waals surface area contributed by atoms with Gasteiger partial charge in [-0.2, -0.15) is 0 Å². The Morgan fingerprint density at radius 2 is 2.37 bits per heavy atom. The number of methoxy groups -OCH3 is 1. The minimum absolute atomic E-state index is 0.151. The molecule has 1 aromatic rings. The molecule has 1 aliphatic rings. The fourth-order valence-electron chi connectivity index (χ4n) is 2.42. The molecule has 0 aliphatic carbocycles. The van der Waals surface area contributed by atoms with Gasteiger partial charge in [0.15, 0.2) is 11.4 Å². The van der Waals surface area contributed by atoms with Gasteiger partial charge in [0.25, 0.3) is 0 Å². The van der Waals surface area contributed by atoms with E-state index in [0.717, 1.165) is 30.2 Å². The van der Waals surface area contributed by atoms with Crippen LogP contribution in [0.15, 0.2) is 0 Å². The lowest BCUT2D eigenvalue weighted by Gasteiger charge is -2.41. The Morgan fingerprint density at radius 1 is 1.63 bits per heavy atom. The number of rotatable bonds is 4. The molecule has 0 saturated carbocycles. The molecule has 0 spiro atoms. The molecule has 0 amide bonds. The van der Waals surface area contributed by atoms with Crippen molar-refractivity contribution in [3.8, 4) is 0 Å². The molecule has 1 unspecified atom stereocenters. The lowest BCUT2D eigenvalue weighted by Crippen LogP contribution is -2.52. The number of carbonyl (C=O) groups excluding carboxylic acids is 1. The molecule has 5 nitrogen and oxygen atoms in total. The Bertz CT molecular complexity index is 459. The highest BCUT2D eigenvalue weighted by Gasteiger charge is 2.33. The smallest absolute Gasteiger partial charge is 0.186 e. The Labute approximate surface area is 117 Å². The summed E-state index contributed by atoms with van der Waals surface area (Å²) in [5.41, 5.74) is 0.515. The molecule has 106 valence electrons. The van der Waals surface area contributed by atoms with E-state index >= 15 is 0 Å². The molecule has 0 bridgehead atoms. The number of hydrogen-bond donors (Lipinski definition) is 0. The molecule has 0 radical (unpaired) electrons. The van der Waals surface area contributed by atoms with E-state index in [0.29, 0.717) is 11.5 Å². The van der Waals surface area contributed by atoms with Crippen LogP contribution in [0.4, 0.5) is 5.13 Å². The van der Waals surface area contributed by atoms with Crippen molar-refractivity contribution in [3.63, 3.8) is 0 Å². The first-order valence-corrected chi connectivity index (χ1v) is 7.13. The van der Waals surface area contributed by atoms with Crippen molar-refractivity contribution < 1.29 is 14.3 Å². The second kappa shape index (κ2) is 5.56. The fraction of sp³-hybridized carbons (Fsp3) is 0.692. The predicted octanol–water partition coefficient (Wildman–Crippen LogP) is 2.11. The highest BCUT2D eigenvalue weighted by molar-refractivity contribution is 7.17. The van der Waals surface area contributed by atoms with Gasteiger partial charge >= 0.3 is 0 Å². The van der Waals surface area contributed by atoms with E-state index in [-0.39, 0.29) is 11.7 Å². The maximum absolute atomic E-state index is 11.1. The molecule has 2 heterocycles. The minimum atomic E-state index is -0.202. The van der Waals surface area contributed by atoms with Gasteiger partial charge in [-0.3, -0.25) is 4.79 Å². The third-order valence-electron chi connectivity index (χ3n) is 2.94. The number of carbonyl (C=O) groups is 1. The number of aromatic nitrogens is 1. The van der Waals surface area contributed by atoms with Gasteiger partial charge in [0.2, 0.25) is 0 Å². The standard InChI is InChI=1S/C13H20N2O3S/c1-9-5-15(8-13(2,3)18-9)12-14-10(7-17-4)11(6-16)19-12/h6,9H,5,7-8H2,1-4H3. The third-order valence-corrected chi connectivity index (χ3v) is 4.03. The molecule has 6 heteroatoms. The number of nitrogens with zero attached hydrogens (tertiary/aromatic N) is 2. The molecule has 19 heavy (non-hydrogen) atoms. The zero-order chi connectivity index (χ0) is 14.0. The van der Waals surface area contributed by atoms with E-state index in [1.165, 1.54) is 11.3 Å². The van der Waals surface area contributed by atoms with Crippen LogP contribution in [0.2, 0.25) is 0 Å². The summed E-state index contributed by atoms with van der Waals surface area (Å²) in [5.74, 6) is 0. The first kappa shape index (κ1) is 14.4. The van der Waals surface area contributed by atoms with E-state index in [1.54, 1.807) is 7.11 Å². The summed E-state index contributed by atoms with van der Waals surface area (Å²) in [6.07, 6.45) is 1.00. The summed E-state index contributed by atoms with van der Waals surface area (Å²) in [5, 5.41) is 0.873. The Balaban J connectivity index is 2.23. The number of thiazole rings is 1. The molecule has 1 fully saturated rings. The van der Waals surface area contributed by atoms with Gasteiger partial charge < -0.3 is 14.4 Å². The van der Waals surface area contributed by atoms with Crippen LogP contribution in [0.25, 0.3) is 0 Å². The lowest BCUT2D eigenvalue weighted by molar-refractivity contribution is -0.0749. The predicted molar refractivity (Wildman–Crippen MR) is 75.1 cm³/mol. The summed E-state index contributed by atoms with van der Waals surface area (Å²) in [6.45, 7) is 8.13. The van der Waals surface area contributed by atoms with E-state index in [1.807, 2.05) is 0 Å². The number of morpholine rings is 1. The average Bonchev–Trinajstić information content (AvgIpc) is 2.70. The lowest BCUT2D eigenvalue weighted by atomic mass is 10.1. The van der Waals surface area contributed by atoms with Crippen LogP contribution in [0.5, 0.6) is 0 Å². The van der Waals surface area contributed by atoms with Gasteiger partial charge in [-0.25, -0.2) is 4.98 Å². The minimum Gasteiger partial charge on any atom is -0.378 e. The van der Waals surface area contributed by atoms with Gasteiger partial charge in [-0.05, 0) is 20.8 Å². The van der Waals surface area contributed by atoms with Crippen LogP contribution in [0, 0.1) is 0 Å². The summed E-state index contributed by atoms with van der Waals surface area (Å²) in [6, 6.07) is 0. The summed E-state index contributed by atoms with van der Waals surface area (Å²) in [4.78, 5) is 18.4. The average molecular weight is 284 g/mol. The fourth-order valence-corrected chi connectivity index (χ4v) is 3.31. The largest absolute Gasteiger partial charge is 0.378 e. The van der Waals surface area contributed by atoms with Crippen LogP contribution in [0.1, 0.15) is 36.1 Å². The molecule has 1 aromatic heterocycles. The van der Waals surface area contributed by atoms with Gasteiger partial charge in [-0.1, -0.05) is 11.3 Å². The van der Waals surface area contributed by atoms with Gasteiger partial charge in [0.05, 0.1) is 28.9 Å². The van der Waals surface area contributed by atoms with Crippen molar-refractivity contribution >= 4 is 22.8 Å². The van der Waals surface area contributed by atoms with E-state index in [4.69, 9.17) is 9.47 Å². The normalized spacial score (nSPS) is 22.5.